The fourth-order valence-corrected chi connectivity index (χ4v) is 3.70. The van der Waals surface area contributed by atoms with Crippen molar-refractivity contribution in [3.63, 3.8) is 0 Å². The Balaban J connectivity index is 4.03. The molecule has 0 saturated heterocycles. The summed E-state index contributed by atoms with van der Waals surface area (Å²) in [6, 6.07) is -0.869. The van der Waals surface area contributed by atoms with Crippen LogP contribution in [0.3, 0.4) is 0 Å². The van der Waals surface area contributed by atoms with Gasteiger partial charge in [-0.2, -0.15) is 0 Å². The predicted molar refractivity (Wildman–Crippen MR) is 108 cm³/mol. The number of thioether (sulfide) groups is 1. The standard InChI is InChI=1S/C15H29IN4O4S/c1-4-9(2)14(15(16)24)19-12(22)5-6-18-13(23)8-25-7-11(20-17)10(3)21/h9,11-12,14,19-20,22H,4-8,17H2,1-3H3,(H,18,23)/t9-,11-,12?,14-/m0/s1. The number of hydrazine groups is 1. The summed E-state index contributed by atoms with van der Waals surface area (Å²) in [5, 5.41) is 15.6. The average molecular weight is 488 g/mol. The smallest absolute Gasteiger partial charge is 0.229 e. The number of nitrogens with two attached hydrogens (primary N) is 1. The van der Waals surface area contributed by atoms with Gasteiger partial charge in [-0.1, -0.05) is 20.3 Å². The molecule has 0 aliphatic carbocycles. The Bertz CT molecular complexity index is 442. The predicted octanol–water partition coefficient (Wildman–Crippen LogP) is -0.0689. The minimum atomic E-state index is -0.866. The Hall–Kier alpha value is -0.270. The number of ketones is 1. The highest BCUT2D eigenvalue weighted by Gasteiger charge is 2.23. The number of rotatable bonds is 14. The Labute approximate surface area is 166 Å². The molecule has 1 amide bonds. The first kappa shape index (κ1) is 24.7. The molecular weight excluding hydrogens is 459 g/mol. The van der Waals surface area contributed by atoms with Crippen LogP contribution < -0.4 is 21.9 Å². The third-order valence-electron chi connectivity index (χ3n) is 3.78. The topological polar surface area (TPSA) is 134 Å². The molecular formula is C15H29IN4O4S. The highest BCUT2D eigenvalue weighted by atomic mass is 127. The second-order valence-corrected chi connectivity index (χ2v) is 7.93. The minimum Gasteiger partial charge on any atom is -0.379 e. The molecule has 0 heterocycles. The first-order chi connectivity index (χ1) is 11.7. The summed E-state index contributed by atoms with van der Waals surface area (Å²) in [5.41, 5.74) is 2.40. The molecule has 25 heavy (non-hydrogen) atoms. The largest absolute Gasteiger partial charge is 0.379 e. The van der Waals surface area contributed by atoms with Crippen molar-refractivity contribution in [2.75, 3.05) is 18.1 Å². The van der Waals surface area contributed by atoms with Crippen LogP contribution in [-0.2, 0) is 14.4 Å². The zero-order chi connectivity index (χ0) is 19.4. The van der Waals surface area contributed by atoms with Gasteiger partial charge in [0.25, 0.3) is 0 Å². The van der Waals surface area contributed by atoms with Gasteiger partial charge in [0.1, 0.15) is 12.0 Å². The number of amides is 1. The molecule has 0 aromatic heterocycles. The van der Waals surface area contributed by atoms with Crippen LogP contribution in [0.5, 0.6) is 0 Å². The molecule has 0 aliphatic heterocycles. The Morgan fingerprint density at radius 2 is 1.96 bits per heavy atom. The number of halogens is 1. The lowest BCUT2D eigenvalue weighted by Gasteiger charge is -2.24. The fraction of sp³-hybridized carbons (Fsp3) is 0.800. The molecule has 6 N–H and O–H groups in total. The molecule has 0 bridgehead atoms. The average Bonchev–Trinajstić information content (AvgIpc) is 2.55. The van der Waals surface area contributed by atoms with E-state index in [4.69, 9.17) is 5.84 Å². The van der Waals surface area contributed by atoms with Crippen LogP contribution in [0.25, 0.3) is 0 Å². The van der Waals surface area contributed by atoms with Crippen LogP contribution in [0.2, 0.25) is 0 Å². The summed E-state index contributed by atoms with van der Waals surface area (Å²) in [6.07, 6.45) is 0.258. The van der Waals surface area contributed by atoms with Gasteiger partial charge in [-0.25, -0.2) is 5.43 Å². The molecule has 10 heteroatoms. The molecule has 0 aliphatic rings. The van der Waals surface area contributed by atoms with Crippen molar-refractivity contribution in [3.05, 3.63) is 0 Å². The van der Waals surface area contributed by atoms with Crippen molar-refractivity contribution in [3.8, 4) is 0 Å². The molecule has 0 aromatic carbocycles. The number of aliphatic hydroxyl groups is 1. The number of carbonyl (C=O) groups is 3. The molecule has 0 saturated carbocycles. The highest BCUT2D eigenvalue weighted by Crippen LogP contribution is 2.12. The van der Waals surface area contributed by atoms with Crippen molar-refractivity contribution < 1.29 is 19.5 Å². The summed E-state index contributed by atoms with van der Waals surface area (Å²) < 4.78 is -0.0417. The third-order valence-corrected chi connectivity index (χ3v) is 5.49. The van der Waals surface area contributed by atoms with Gasteiger partial charge in [0, 0.05) is 41.3 Å². The Morgan fingerprint density at radius 1 is 1.32 bits per heavy atom. The van der Waals surface area contributed by atoms with Gasteiger partial charge in [-0.15, -0.1) is 11.8 Å². The second-order valence-electron chi connectivity index (χ2n) is 5.83. The fourth-order valence-electron chi connectivity index (χ4n) is 1.93. The summed E-state index contributed by atoms with van der Waals surface area (Å²) in [4.78, 5) is 34.5. The minimum absolute atomic E-state index is 0.0417. The number of aliphatic hydroxyl groups excluding tert-OH is 1. The normalized spacial score (nSPS) is 15.9. The van der Waals surface area contributed by atoms with Crippen molar-refractivity contribution in [1.82, 2.24) is 16.1 Å². The highest BCUT2D eigenvalue weighted by molar-refractivity contribution is 14.1. The lowest BCUT2D eigenvalue weighted by atomic mass is 10.0. The second kappa shape index (κ2) is 13.9. The zero-order valence-corrected chi connectivity index (χ0v) is 17.9. The van der Waals surface area contributed by atoms with E-state index in [0.29, 0.717) is 18.7 Å². The summed E-state index contributed by atoms with van der Waals surface area (Å²) in [5.74, 6) is 5.73. The maximum absolute atomic E-state index is 11.7. The van der Waals surface area contributed by atoms with Gasteiger partial charge in [0.15, 0.2) is 0 Å². The molecule has 0 fully saturated rings. The van der Waals surface area contributed by atoms with E-state index in [1.165, 1.54) is 18.7 Å². The molecule has 8 nitrogen and oxygen atoms in total. The first-order valence-corrected chi connectivity index (χ1v) is 10.4. The van der Waals surface area contributed by atoms with Crippen LogP contribution in [0, 0.1) is 5.92 Å². The molecule has 1 unspecified atom stereocenters. The summed E-state index contributed by atoms with van der Waals surface area (Å²) >= 11 is 3.03. The van der Waals surface area contributed by atoms with Gasteiger partial charge in [-0.3, -0.25) is 25.5 Å². The van der Waals surface area contributed by atoms with Gasteiger partial charge < -0.3 is 10.4 Å². The van der Waals surface area contributed by atoms with E-state index in [2.05, 4.69) is 16.1 Å². The Morgan fingerprint density at radius 3 is 2.44 bits per heavy atom. The van der Waals surface area contributed by atoms with E-state index in [1.54, 1.807) is 22.6 Å². The molecule has 4 atom stereocenters. The van der Waals surface area contributed by atoms with Gasteiger partial charge >= 0.3 is 0 Å². The zero-order valence-electron chi connectivity index (χ0n) is 14.9. The van der Waals surface area contributed by atoms with E-state index in [0.717, 1.165) is 6.42 Å². The number of carbonyl (C=O) groups excluding carboxylic acids is 3. The third kappa shape index (κ3) is 11.1. The lowest BCUT2D eigenvalue weighted by molar-refractivity contribution is -0.119. The van der Waals surface area contributed by atoms with Crippen LogP contribution in [0.1, 0.15) is 33.6 Å². The van der Waals surface area contributed by atoms with Crippen LogP contribution in [0.15, 0.2) is 0 Å². The first-order valence-electron chi connectivity index (χ1n) is 8.17. The van der Waals surface area contributed by atoms with E-state index < -0.39 is 18.3 Å². The van der Waals surface area contributed by atoms with E-state index in [1.807, 2.05) is 13.8 Å². The number of nitrogens with one attached hydrogen (secondary N) is 3. The maximum Gasteiger partial charge on any atom is 0.229 e. The maximum atomic E-state index is 11.7. The van der Waals surface area contributed by atoms with Crippen LogP contribution in [-0.4, -0.2) is 56.9 Å². The van der Waals surface area contributed by atoms with Crippen LogP contribution >= 0.6 is 34.4 Å². The quantitative estimate of drug-likeness (QED) is 0.0755. The Kier molecular flexibility index (Phi) is 13.7. The van der Waals surface area contributed by atoms with Gasteiger partial charge in [0.2, 0.25) is 9.70 Å². The van der Waals surface area contributed by atoms with Crippen molar-refractivity contribution in [1.29, 1.82) is 0 Å². The van der Waals surface area contributed by atoms with Crippen molar-refractivity contribution in [2.24, 2.45) is 11.8 Å². The number of hydrogen-bond acceptors (Lipinski definition) is 8. The van der Waals surface area contributed by atoms with E-state index >= 15 is 0 Å². The van der Waals surface area contributed by atoms with Crippen molar-refractivity contribution >= 4 is 49.8 Å². The molecule has 0 aromatic rings. The summed E-state index contributed by atoms with van der Waals surface area (Å²) in [7, 11) is 0. The molecule has 0 radical (unpaired) electrons. The molecule has 146 valence electrons. The monoisotopic (exact) mass is 488 g/mol. The van der Waals surface area contributed by atoms with Gasteiger partial charge in [0.05, 0.1) is 17.8 Å². The number of Topliss-reactive ketones (excluding diaryl/α,β-unsaturated/α-hetero) is 1. The molecule has 0 spiro atoms. The molecule has 0 rings (SSSR count). The van der Waals surface area contributed by atoms with E-state index in [-0.39, 0.29) is 27.2 Å². The summed E-state index contributed by atoms with van der Waals surface area (Å²) in [6.45, 7) is 5.67. The lowest BCUT2D eigenvalue weighted by Crippen LogP contribution is -2.46. The SMILES string of the molecule is CC[C@H](C)[C@H](NC(O)CCNC(=O)CSC[C@H](NN)C(C)=O)C(=O)I. The van der Waals surface area contributed by atoms with Crippen molar-refractivity contribution in [2.45, 2.75) is 51.9 Å². The van der Waals surface area contributed by atoms with E-state index in [9.17, 15) is 19.5 Å². The van der Waals surface area contributed by atoms with Crippen LogP contribution in [0.4, 0.5) is 0 Å². The number of hydrogen-bond donors (Lipinski definition) is 5. The van der Waals surface area contributed by atoms with Gasteiger partial charge in [-0.05, 0) is 12.8 Å².